The first kappa shape index (κ1) is 3.49. The van der Waals surface area contributed by atoms with E-state index in [4.69, 9.17) is 9.22 Å². The molecule has 2 heteroatoms. The number of hydrogen-bond acceptors (Lipinski definition) is 1. The second-order valence-corrected chi connectivity index (χ2v) is 1.44. The highest BCUT2D eigenvalue weighted by Crippen LogP contribution is 1.97. The number of rotatable bonds is 4. The predicted molar refractivity (Wildman–Crippen MR) is 31.8 cm³/mol. The molecule has 0 aliphatic carbocycles. The summed E-state index contributed by atoms with van der Waals surface area (Å²) in [7, 11) is 0. The van der Waals surface area contributed by atoms with Crippen molar-refractivity contribution in [2.24, 2.45) is 0 Å². The van der Waals surface area contributed by atoms with E-state index < -0.39 is 18.7 Å². The van der Waals surface area contributed by atoms with Crippen LogP contribution in [0.2, 0.25) is 0 Å². The van der Waals surface area contributed by atoms with Gasteiger partial charge in [0.05, 0.1) is 0 Å². The largest absolute Gasteiger partial charge is 0.481 e. The Morgan fingerprint density at radius 2 is 2.50 bits per heavy atom. The summed E-state index contributed by atoms with van der Waals surface area (Å²) >= 11 is 0. The van der Waals surface area contributed by atoms with Crippen LogP contribution in [0.5, 0.6) is 0 Å². The quantitative estimate of drug-likeness (QED) is 0.611. The summed E-state index contributed by atoms with van der Waals surface area (Å²) in [5.74, 6) is -1.55. The molecule has 0 amide bonds. The van der Waals surface area contributed by atoms with Crippen LogP contribution in [0.25, 0.3) is 0 Å². The zero-order chi connectivity index (χ0) is 9.07. The molecule has 0 rings (SSSR count). The van der Waals surface area contributed by atoms with Gasteiger partial charge in [-0.3, -0.25) is 4.79 Å². The van der Waals surface area contributed by atoms with Gasteiger partial charge in [0.25, 0.3) is 0 Å². The first-order valence-electron chi connectivity index (χ1n) is 4.16. The van der Waals surface area contributed by atoms with Gasteiger partial charge < -0.3 is 5.11 Å². The summed E-state index contributed by atoms with van der Waals surface area (Å²) in [5.41, 5.74) is 0. The summed E-state index contributed by atoms with van der Waals surface area (Å²) in [6.07, 6.45) is -2.67. The highest BCUT2D eigenvalue weighted by atomic mass is 16.4. The summed E-state index contributed by atoms with van der Waals surface area (Å²) < 4.78 is 21.1. The van der Waals surface area contributed by atoms with Crippen LogP contribution in [0.1, 0.15) is 36.6 Å². The van der Waals surface area contributed by atoms with Crippen LogP contribution in [0.15, 0.2) is 0 Å². The molecule has 8 heavy (non-hydrogen) atoms. The Morgan fingerprint density at radius 3 is 2.88 bits per heavy atom. The van der Waals surface area contributed by atoms with Crippen LogP contribution in [-0.4, -0.2) is 11.1 Å². The van der Waals surface area contributed by atoms with Crippen molar-refractivity contribution < 1.29 is 14.0 Å². The summed E-state index contributed by atoms with van der Waals surface area (Å²) in [6, 6.07) is 0. The Balaban J connectivity index is 4.17. The van der Waals surface area contributed by atoms with E-state index in [0.29, 0.717) is 6.42 Å². The SMILES string of the molecule is [2H]C(CCC)C([2H])([2H])C(=O)O. The Bertz CT molecular complexity index is 147. The van der Waals surface area contributed by atoms with Gasteiger partial charge in [-0.15, -0.1) is 0 Å². The summed E-state index contributed by atoms with van der Waals surface area (Å²) in [4.78, 5) is 10.2. The molecule has 0 fully saturated rings. The lowest BCUT2D eigenvalue weighted by atomic mass is 10.2. The number of carboxylic acid groups (broad SMARTS) is 1. The first-order valence-corrected chi connectivity index (χ1v) is 2.58. The monoisotopic (exact) mass is 119 g/mol. The van der Waals surface area contributed by atoms with E-state index in [9.17, 15) is 4.79 Å². The standard InChI is InChI=1S/C6H12O2/c1-2-3-4-5-6(7)8/h2-5H2,1H3,(H,7,8)/i4D,5D2. The fourth-order valence-electron chi connectivity index (χ4n) is 0.304. The Kier molecular flexibility index (Phi) is 2.02. The van der Waals surface area contributed by atoms with E-state index in [1.165, 1.54) is 0 Å². The highest BCUT2D eigenvalue weighted by Gasteiger charge is 1.92. The van der Waals surface area contributed by atoms with Crippen molar-refractivity contribution in [2.45, 2.75) is 32.5 Å². The topological polar surface area (TPSA) is 37.3 Å². The minimum absolute atomic E-state index is 0.277. The summed E-state index contributed by atoms with van der Waals surface area (Å²) in [6.45, 7) is 1.79. The number of aliphatic carboxylic acids is 1. The third kappa shape index (κ3) is 5.47. The molecule has 0 aromatic rings. The van der Waals surface area contributed by atoms with Crippen molar-refractivity contribution in [3.05, 3.63) is 0 Å². The molecule has 0 aromatic heterocycles. The van der Waals surface area contributed by atoms with E-state index in [-0.39, 0.29) is 6.42 Å². The molecule has 0 heterocycles. The van der Waals surface area contributed by atoms with Gasteiger partial charge in [0.1, 0.15) is 0 Å². The second kappa shape index (κ2) is 4.62. The smallest absolute Gasteiger partial charge is 0.303 e. The second-order valence-electron chi connectivity index (χ2n) is 1.44. The van der Waals surface area contributed by atoms with Crippen molar-refractivity contribution in [3.63, 3.8) is 0 Å². The van der Waals surface area contributed by atoms with Crippen molar-refractivity contribution in [1.29, 1.82) is 0 Å². The fourth-order valence-corrected chi connectivity index (χ4v) is 0.304. The zero-order valence-electron chi connectivity index (χ0n) is 7.85. The first-order chi connectivity index (χ1) is 4.92. The lowest BCUT2D eigenvalue weighted by Gasteiger charge is -1.89. The van der Waals surface area contributed by atoms with Crippen molar-refractivity contribution in [2.75, 3.05) is 0 Å². The molecule has 0 bridgehead atoms. The van der Waals surface area contributed by atoms with E-state index in [1.807, 2.05) is 0 Å². The molecule has 0 aromatic carbocycles. The third-order valence-corrected chi connectivity index (χ3v) is 0.659. The van der Waals surface area contributed by atoms with Crippen LogP contribution < -0.4 is 0 Å². The van der Waals surface area contributed by atoms with Crippen LogP contribution in [-0.2, 0) is 4.79 Å². The van der Waals surface area contributed by atoms with Gasteiger partial charge in [-0.05, 0) is 6.40 Å². The van der Waals surface area contributed by atoms with E-state index in [1.54, 1.807) is 6.92 Å². The molecule has 0 radical (unpaired) electrons. The van der Waals surface area contributed by atoms with Crippen LogP contribution in [0.3, 0.4) is 0 Å². The van der Waals surface area contributed by atoms with Gasteiger partial charge in [0, 0.05) is 10.5 Å². The van der Waals surface area contributed by atoms with E-state index >= 15 is 0 Å². The highest BCUT2D eigenvalue weighted by molar-refractivity contribution is 5.66. The van der Waals surface area contributed by atoms with Gasteiger partial charge in [0.15, 0.2) is 0 Å². The maximum atomic E-state index is 10.2. The average Bonchev–Trinajstić information content (AvgIpc) is 1.88. The Morgan fingerprint density at radius 1 is 1.88 bits per heavy atom. The number of carboxylic acids is 1. The van der Waals surface area contributed by atoms with Gasteiger partial charge in [-0.2, -0.15) is 0 Å². The van der Waals surface area contributed by atoms with Crippen LogP contribution >= 0.6 is 0 Å². The van der Waals surface area contributed by atoms with Gasteiger partial charge in [-0.25, -0.2) is 0 Å². The minimum atomic E-state index is -2.41. The molecule has 2 nitrogen and oxygen atoms in total. The van der Waals surface area contributed by atoms with E-state index in [0.717, 1.165) is 0 Å². The van der Waals surface area contributed by atoms with Crippen LogP contribution in [0.4, 0.5) is 0 Å². The lowest BCUT2D eigenvalue weighted by Crippen LogP contribution is -1.92. The Labute approximate surface area is 53.7 Å². The maximum absolute atomic E-state index is 10.2. The molecular weight excluding hydrogens is 104 g/mol. The molecule has 1 unspecified atom stereocenters. The minimum Gasteiger partial charge on any atom is -0.481 e. The van der Waals surface area contributed by atoms with Gasteiger partial charge in [-0.1, -0.05) is 19.8 Å². The van der Waals surface area contributed by atoms with Gasteiger partial charge >= 0.3 is 5.97 Å². The van der Waals surface area contributed by atoms with Crippen molar-refractivity contribution in [1.82, 2.24) is 0 Å². The number of carbonyl (C=O) groups is 1. The molecule has 0 spiro atoms. The fraction of sp³-hybridized carbons (Fsp3) is 0.833. The van der Waals surface area contributed by atoms with Crippen LogP contribution in [0, 0.1) is 0 Å². The maximum Gasteiger partial charge on any atom is 0.303 e. The van der Waals surface area contributed by atoms with Gasteiger partial charge in [0.2, 0.25) is 0 Å². The molecule has 0 saturated carbocycles. The summed E-state index contributed by atoms with van der Waals surface area (Å²) in [5, 5.41) is 8.34. The molecule has 1 N–H and O–H groups in total. The zero-order valence-corrected chi connectivity index (χ0v) is 4.85. The number of hydrogen-bond donors (Lipinski definition) is 1. The van der Waals surface area contributed by atoms with Crippen molar-refractivity contribution >= 4 is 5.97 Å². The third-order valence-electron chi connectivity index (χ3n) is 0.659. The molecule has 48 valence electrons. The average molecular weight is 119 g/mol. The van der Waals surface area contributed by atoms with Crippen molar-refractivity contribution in [3.8, 4) is 0 Å². The lowest BCUT2D eigenvalue weighted by molar-refractivity contribution is -0.137. The Hall–Kier alpha value is -0.530. The molecule has 1 atom stereocenters. The predicted octanol–water partition coefficient (Wildman–Crippen LogP) is 1.65. The molecule has 0 aliphatic rings. The normalized spacial score (nSPS) is 20.4. The molecule has 0 saturated heterocycles. The molecule has 0 aliphatic heterocycles. The molecular formula is C6H12O2. The van der Waals surface area contributed by atoms with E-state index in [2.05, 4.69) is 0 Å².